The van der Waals surface area contributed by atoms with Crippen molar-refractivity contribution in [2.24, 2.45) is 5.92 Å². The van der Waals surface area contributed by atoms with E-state index in [0.29, 0.717) is 5.79 Å². The molecule has 0 bridgehead atoms. The minimum Gasteiger partial charge on any atom is -0.291 e. The Morgan fingerprint density at radius 3 is 2.17 bits per heavy atom. The predicted molar refractivity (Wildman–Crippen MR) is 108 cm³/mol. The van der Waals surface area contributed by atoms with Crippen molar-refractivity contribution in [3.05, 3.63) is 0 Å². The molecule has 0 aromatic rings. The molecule has 0 saturated carbocycles. The Kier molecular flexibility index (Phi) is 11.7. The van der Waals surface area contributed by atoms with Gasteiger partial charge >= 0.3 is 0 Å². The number of rotatable bonds is 12. The normalized spacial score (nSPS) is 21.1. The highest BCUT2D eigenvalue weighted by Crippen LogP contribution is 2.20. The van der Waals surface area contributed by atoms with Gasteiger partial charge in [0.15, 0.2) is 0 Å². The number of unbranched alkanes of at least 4 members (excludes halogenated alkanes) is 7. The zero-order valence-electron chi connectivity index (χ0n) is 16.8. The molecule has 0 amide bonds. The van der Waals surface area contributed by atoms with Crippen molar-refractivity contribution < 1.29 is 0 Å². The van der Waals surface area contributed by atoms with Crippen LogP contribution in [0.2, 0.25) is 13.1 Å². The fraction of sp³-hybridized carbons (Fsp3) is 0.950. The number of hydrogen-bond donors (Lipinski definition) is 0. The third-order valence-corrected chi connectivity index (χ3v) is 7.30. The Morgan fingerprint density at radius 2 is 1.58 bits per heavy atom. The Labute approximate surface area is 153 Å². The van der Waals surface area contributed by atoms with Crippen molar-refractivity contribution in [1.82, 2.24) is 9.80 Å². The molecule has 1 fully saturated rings. The maximum Gasteiger partial charge on any atom is 0.0692 e. The molecular formula is C20H41N3Si. The molecule has 0 N–H and O–H groups in total. The second-order valence-corrected chi connectivity index (χ2v) is 11.1. The molecule has 0 spiro atoms. The first-order valence-corrected chi connectivity index (χ1v) is 13.5. The van der Waals surface area contributed by atoms with Crippen molar-refractivity contribution in [1.29, 1.82) is 5.26 Å². The lowest BCUT2D eigenvalue weighted by atomic mass is 10.1. The molecule has 1 aliphatic heterocycles. The highest BCUT2D eigenvalue weighted by atomic mass is 28.3. The number of nitrogens with zero attached hydrogens (tertiary/aromatic N) is 3. The van der Waals surface area contributed by atoms with E-state index < -0.39 is 8.80 Å². The van der Waals surface area contributed by atoms with E-state index in [9.17, 15) is 0 Å². The minimum absolute atomic E-state index is 0.156. The quantitative estimate of drug-likeness (QED) is 0.379. The lowest BCUT2D eigenvalue weighted by Crippen LogP contribution is -2.60. The summed E-state index contributed by atoms with van der Waals surface area (Å²) in [7, 11) is -0.773. The van der Waals surface area contributed by atoms with E-state index in [1.807, 2.05) is 0 Å². The Hall–Kier alpha value is -0.373. The van der Waals surface area contributed by atoms with Crippen LogP contribution >= 0.6 is 0 Å². The van der Waals surface area contributed by atoms with Crippen molar-refractivity contribution in [2.45, 2.75) is 90.5 Å². The summed E-state index contributed by atoms with van der Waals surface area (Å²) in [5.74, 6) is 0.822. The van der Waals surface area contributed by atoms with Gasteiger partial charge in [0, 0.05) is 25.4 Å². The zero-order chi connectivity index (χ0) is 17.8. The molecule has 140 valence electrons. The first-order valence-electron chi connectivity index (χ1n) is 10.5. The molecule has 0 aromatic heterocycles. The van der Waals surface area contributed by atoms with Gasteiger partial charge in [0.05, 0.1) is 20.8 Å². The van der Waals surface area contributed by atoms with Gasteiger partial charge in [-0.2, -0.15) is 5.26 Å². The molecule has 4 heteroatoms. The Bertz CT molecular complexity index is 353. The van der Waals surface area contributed by atoms with Gasteiger partial charge in [0.2, 0.25) is 0 Å². The summed E-state index contributed by atoms with van der Waals surface area (Å²) in [6.07, 6.45) is 12.5. The van der Waals surface area contributed by atoms with Crippen LogP contribution in [0.25, 0.3) is 0 Å². The summed E-state index contributed by atoms with van der Waals surface area (Å²) in [4.78, 5) is 5.38. The highest BCUT2D eigenvalue weighted by molar-refractivity contribution is 6.57. The van der Waals surface area contributed by atoms with E-state index in [1.54, 1.807) is 0 Å². The molecule has 2 unspecified atom stereocenters. The van der Waals surface area contributed by atoms with E-state index in [-0.39, 0.29) is 5.92 Å². The first kappa shape index (κ1) is 21.7. The summed E-state index contributed by atoms with van der Waals surface area (Å²) in [6, 6.07) is 2.42. The standard InChI is InChI=1S/C20H41N3Si/c1-5-6-7-8-9-10-11-12-14-22-15-13-16-23(18-19(2)17-21)20(22)24(3)4/h19-20,24H,5-16,18H2,1-4H3. The Morgan fingerprint density at radius 1 is 1.00 bits per heavy atom. The van der Waals surface area contributed by atoms with E-state index in [4.69, 9.17) is 5.26 Å². The summed E-state index contributed by atoms with van der Waals surface area (Å²) in [5, 5.41) is 9.16. The van der Waals surface area contributed by atoms with Crippen LogP contribution in [0.15, 0.2) is 0 Å². The van der Waals surface area contributed by atoms with E-state index in [0.717, 1.165) is 6.54 Å². The number of nitriles is 1. The largest absolute Gasteiger partial charge is 0.291 e. The molecule has 2 atom stereocenters. The van der Waals surface area contributed by atoms with Crippen LogP contribution in [-0.2, 0) is 0 Å². The van der Waals surface area contributed by atoms with Gasteiger partial charge in [-0.3, -0.25) is 9.80 Å². The lowest BCUT2D eigenvalue weighted by molar-refractivity contribution is 0.0449. The predicted octanol–water partition coefficient (Wildman–Crippen LogP) is 4.65. The summed E-state index contributed by atoms with van der Waals surface area (Å²) >= 11 is 0. The second kappa shape index (κ2) is 12.9. The van der Waals surface area contributed by atoms with E-state index in [1.165, 1.54) is 77.4 Å². The second-order valence-electron chi connectivity index (χ2n) is 8.05. The average Bonchev–Trinajstić information content (AvgIpc) is 2.57. The van der Waals surface area contributed by atoms with Crippen LogP contribution in [-0.4, -0.2) is 50.6 Å². The zero-order valence-corrected chi connectivity index (χ0v) is 17.9. The molecule has 1 aliphatic rings. The van der Waals surface area contributed by atoms with Crippen LogP contribution in [0.3, 0.4) is 0 Å². The summed E-state index contributed by atoms with van der Waals surface area (Å²) < 4.78 is 0. The molecule has 3 nitrogen and oxygen atoms in total. The van der Waals surface area contributed by atoms with Crippen molar-refractivity contribution >= 4 is 8.80 Å². The van der Waals surface area contributed by atoms with Crippen LogP contribution in [0, 0.1) is 17.2 Å². The van der Waals surface area contributed by atoms with Crippen LogP contribution < -0.4 is 0 Å². The highest BCUT2D eigenvalue weighted by Gasteiger charge is 2.32. The SMILES string of the molecule is CCCCCCCCCCN1CCCN(CC(C)C#N)C1[SiH](C)C. The van der Waals surface area contributed by atoms with Gasteiger partial charge in [-0.15, -0.1) is 0 Å². The van der Waals surface area contributed by atoms with Gasteiger partial charge < -0.3 is 0 Å². The molecule has 1 saturated heterocycles. The molecule has 0 aliphatic carbocycles. The molecule has 1 heterocycles. The Balaban J connectivity index is 2.32. The average molecular weight is 352 g/mol. The fourth-order valence-corrected chi connectivity index (χ4v) is 6.36. The smallest absolute Gasteiger partial charge is 0.0692 e. The van der Waals surface area contributed by atoms with Gasteiger partial charge in [-0.1, -0.05) is 65.0 Å². The van der Waals surface area contributed by atoms with Crippen molar-refractivity contribution in [3.63, 3.8) is 0 Å². The van der Waals surface area contributed by atoms with Gasteiger partial charge in [-0.05, 0) is 26.3 Å². The van der Waals surface area contributed by atoms with Crippen LogP contribution in [0.5, 0.6) is 0 Å². The maximum atomic E-state index is 9.16. The summed E-state index contributed by atoms with van der Waals surface area (Å²) in [5.41, 5.74) is 0. The molecule has 1 rings (SSSR count). The van der Waals surface area contributed by atoms with E-state index >= 15 is 0 Å². The van der Waals surface area contributed by atoms with E-state index in [2.05, 4.69) is 42.8 Å². The van der Waals surface area contributed by atoms with Crippen molar-refractivity contribution in [2.75, 3.05) is 26.2 Å². The minimum atomic E-state index is -0.773. The topological polar surface area (TPSA) is 30.3 Å². The van der Waals surface area contributed by atoms with Gasteiger partial charge in [-0.25, -0.2) is 0 Å². The third kappa shape index (κ3) is 8.14. The fourth-order valence-electron chi connectivity index (χ4n) is 4.10. The third-order valence-electron chi connectivity index (χ3n) is 5.26. The molecular weight excluding hydrogens is 310 g/mol. The molecule has 0 aromatic carbocycles. The van der Waals surface area contributed by atoms with Gasteiger partial charge in [0.1, 0.15) is 0 Å². The maximum absolute atomic E-state index is 9.16. The molecule has 24 heavy (non-hydrogen) atoms. The van der Waals surface area contributed by atoms with Crippen molar-refractivity contribution in [3.8, 4) is 6.07 Å². The number of hydrogen-bond acceptors (Lipinski definition) is 3. The van der Waals surface area contributed by atoms with Crippen LogP contribution in [0.4, 0.5) is 0 Å². The monoisotopic (exact) mass is 351 g/mol. The lowest BCUT2D eigenvalue weighted by Gasteiger charge is -2.46. The first-order chi connectivity index (χ1) is 11.6. The van der Waals surface area contributed by atoms with Crippen LogP contribution in [0.1, 0.15) is 71.6 Å². The van der Waals surface area contributed by atoms with Gasteiger partial charge in [0.25, 0.3) is 0 Å². The summed E-state index contributed by atoms with van der Waals surface area (Å²) in [6.45, 7) is 14.0. The molecule has 0 radical (unpaired) electrons.